The van der Waals surface area contributed by atoms with Gasteiger partial charge in [0.25, 0.3) is 0 Å². The van der Waals surface area contributed by atoms with E-state index in [4.69, 9.17) is 0 Å². The Morgan fingerprint density at radius 1 is 0.527 bits per heavy atom. The van der Waals surface area contributed by atoms with Crippen LogP contribution in [0.5, 0.6) is 0 Å². The number of likely N-dealkylation sites (N-methyl/N-ethyl adjacent to an activating group) is 2. The number of hydrogen-bond acceptors (Lipinski definition) is 6. The van der Waals surface area contributed by atoms with Crippen LogP contribution in [0.15, 0.2) is 146 Å². The maximum absolute atomic E-state index is 11.7. The normalized spacial score (nSPS) is 13.1. The summed E-state index contributed by atoms with van der Waals surface area (Å²) in [6.07, 6.45) is 2.31. The molecule has 4 atom stereocenters. The molecule has 3 N–H and O–H groups in total. The summed E-state index contributed by atoms with van der Waals surface area (Å²) in [4.78, 5) is 0. The predicted molar refractivity (Wildman–Crippen MR) is 229 cm³/mol. The van der Waals surface area contributed by atoms with Crippen LogP contribution in [0.2, 0.25) is 0 Å². The Morgan fingerprint density at radius 3 is 1.20 bits per heavy atom. The van der Waals surface area contributed by atoms with Crippen LogP contribution in [0.3, 0.4) is 0 Å². The fourth-order valence-electron chi connectivity index (χ4n) is 5.69. The van der Waals surface area contributed by atoms with E-state index in [1.165, 1.54) is 17.4 Å². The van der Waals surface area contributed by atoms with Crippen LogP contribution in [0.4, 0.5) is 0 Å². The monoisotopic (exact) mass is 893 g/mol. The summed E-state index contributed by atoms with van der Waals surface area (Å²) in [7, 11) is 1.44. The Bertz CT molecular complexity index is 1840. The van der Waals surface area contributed by atoms with Gasteiger partial charge in [-0.1, -0.05) is 177 Å². The van der Waals surface area contributed by atoms with E-state index in [-0.39, 0.29) is 25.6 Å². The van der Waals surface area contributed by atoms with Crippen molar-refractivity contribution in [2.24, 2.45) is 0 Å². The quantitative estimate of drug-likeness (QED) is 0.0801. The molecule has 0 aliphatic heterocycles. The molecule has 8 nitrogen and oxygen atoms in total. The SMILES string of the molecule is CN[C@@H](c1ccccc1)[C@@H](NS(C)(=O)=O)c1ccccc1.CN[C@@H](c1ccccc1)[C@@H]([N-]S(C)(=O)=O)c1ccccc1.Cc1ccc(C(C)C)cc1.[CH3-].[Cl][Ru+3]. The summed E-state index contributed by atoms with van der Waals surface area (Å²) in [6, 6.07) is 46.1. The van der Waals surface area contributed by atoms with E-state index in [0.29, 0.717) is 5.92 Å². The van der Waals surface area contributed by atoms with Gasteiger partial charge in [0, 0.05) is 12.3 Å². The summed E-state index contributed by atoms with van der Waals surface area (Å²) in [5.74, 6) is 0.653. The van der Waals surface area contributed by atoms with Crippen LogP contribution in [0.25, 0.3) is 4.72 Å². The molecule has 12 heteroatoms. The summed E-state index contributed by atoms with van der Waals surface area (Å²) in [6.45, 7) is 6.54. The minimum atomic E-state index is -3.45. The van der Waals surface area contributed by atoms with Crippen LogP contribution in [-0.2, 0) is 37.4 Å². The van der Waals surface area contributed by atoms with Gasteiger partial charge in [-0.25, -0.2) is 21.6 Å². The van der Waals surface area contributed by atoms with Crippen molar-refractivity contribution < 1.29 is 34.1 Å². The number of nitrogens with zero attached hydrogens (tertiary/aromatic N) is 1. The van der Waals surface area contributed by atoms with Gasteiger partial charge in [-0.15, -0.1) is 0 Å². The molecule has 0 heterocycles. The summed E-state index contributed by atoms with van der Waals surface area (Å²) < 4.78 is 53.6. The first-order valence-electron chi connectivity index (χ1n) is 17.4. The molecule has 5 rings (SSSR count). The van der Waals surface area contributed by atoms with Crippen LogP contribution in [0, 0.1) is 14.4 Å². The van der Waals surface area contributed by atoms with Gasteiger partial charge in [-0.05, 0) is 49.2 Å². The van der Waals surface area contributed by atoms with Gasteiger partial charge < -0.3 is 22.8 Å². The molecule has 0 fully saturated rings. The zero-order chi connectivity index (χ0) is 40.1. The maximum atomic E-state index is 11.7. The van der Waals surface area contributed by atoms with Crippen molar-refractivity contribution in [2.45, 2.75) is 50.9 Å². The molecule has 0 spiro atoms. The molecule has 0 bridgehead atoms. The van der Waals surface area contributed by atoms with Gasteiger partial charge in [0.05, 0.1) is 28.4 Å². The van der Waals surface area contributed by atoms with Crippen molar-refractivity contribution in [3.63, 3.8) is 0 Å². The van der Waals surface area contributed by atoms with E-state index in [2.05, 4.69) is 74.8 Å². The number of halogens is 1. The van der Waals surface area contributed by atoms with Crippen molar-refractivity contribution in [1.82, 2.24) is 15.4 Å². The van der Waals surface area contributed by atoms with E-state index in [9.17, 15) is 16.8 Å². The second-order valence-electron chi connectivity index (χ2n) is 12.9. The molecule has 0 saturated heterocycles. The number of hydrogen-bond donors (Lipinski definition) is 3. The predicted octanol–water partition coefficient (Wildman–Crippen LogP) is 9.52. The van der Waals surface area contributed by atoms with Crippen LogP contribution < -0.4 is 15.4 Å². The third-order valence-corrected chi connectivity index (χ3v) is 9.57. The topological polar surface area (TPSA) is 118 Å². The third-order valence-electron chi connectivity index (χ3n) is 8.28. The second kappa shape index (κ2) is 25.8. The molecule has 0 saturated carbocycles. The molecule has 0 aliphatic rings. The first-order valence-corrected chi connectivity index (χ1v) is 23.3. The molecule has 0 amide bonds. The number of nitrogens with one attached hydrogen (secondary N) is 3. The number of benzene rings is 5. The van der Waals surface area contributed by atoms with E-state index >= 15 is 0 Å². The molecule has 0 unspecified atom stereocenters. The molecular weight excluding hydrogens is 837 g/mol. The van der Waals surface area contributed by atoms with Crippen LogP contribution >= 0.6 is 9.69 Å². The van der Waals surface area contributed by atoms with Crippen LogP contribution in [-0.4, -0.2) is 43.4 Å². The zero-order valence-corrected chi connectivity index (χ0v) is 37.0. The van der Waals surface area contributed by atoms with Gasteiger partial charge in [-0.2, -0.15) is 0 Å². The first-order chi connectivity index (χ1) is 25.7. The average Bonchev–Trinajstić information content (AvgIpc) is 3.17. The van der Waals surface area contributed by atoms with Gasteiger partial charge in [0.15, 0.2) is 0 Å². The second-order valence-corrected chi connectivity index (χ2v) is 16.3. The molecule has 55 heavy (non-hydrogen) atoms. The van der Waals surface area contributed by atoms with Gasteiger partial charge >= 0.3 is 27.0 Å². The Hall–Kier alpha value is -3.25. The third kappa shape index (κ3) is 18.5. The van der Waals surface area contributed by atoms with Crippen molar-refractivity contribution in [3.05, 3.63) is 191 Å². The summed E-state index contributed by atoms with van der Waals surface area (Å²) >= 11 is 1.82. The zero-order valence-electron chi connectivity index (χ0n) is 32.9. The number of sulfonamides is 2. The average molecular weight is 894 g/mol. The van der Waals surface area contributed by atoms with Crippen molar-refractivity contribution in [2.75, 3.05) is 26.6 Å². The Morgan fingerprint density at radius 2 is 0.873 bits per heavy atom. The molecular formula is C43H56ClN4O4RuS2+. The van der Waals surface area contributed by atoms with Gasteiger partial charge in [0.2, 0.25) is 10.0 Å². The number of rotatable bonds is 13. The summed E-state index contributed by atoms with van der Waals surface area (Å²) in [5.41, 5.74) is 6.58. The van der Waals surface area contributed by atoms with E-state index < -0.39 is 26.1 Å². The fourth-order valence-corrected chi connectivity index (χ4v) is 7.08. The Balaban J connectivity index is 0.000000422. The van der Waals surface area contributed by atoms with Crippen molar-refractivity contribution in [1.29, 1.82) is 0 Å². The Labute approximate surface area is 345 Å². The van der Waals surface area contributed by atoms with E-state index in [1.54, 1.807) is 0 Å². The Kier molecular flexibility index (Phi) is 23.4. The molecule has 0 aliphatic carbocycles. The van der Waals surface area contributed by atoms with Crippen molar-refractivity contribution >= 4 is 29.7 Å². The minimum absolute atomic E-state index is 0. The molecule has 0 aromatic heterocycles. The van der Waals surface area contributed by atoms with Crippen molar-refractivity contribution in [3.8, 4) is 0 Å². The molecule has 298 valence electrons. The van der Waals surface area contributed by atoms with E-state index in [1.807, 2.05) is 153 Å². The summed E-state index contributed by atoms with van der Waals surface area (Å²) in [5, 5.41) is 6.39. The molecule has 5 aromatic rings. The first kappa shape index (κ1) is 49.8. The van der Waals surface area contributed by atoms with Gasteiger partial charge in [0.1, 0.15) is 0 Å². The van der Waals surface area contributed by atoms with E-state index in [0.717, 1.165) is 28.5 Å². The standard InChI is InChI=1S/C16H20N2O2S.C16H19N2O2S.C10H14.CH3.ClH.Ru/c2*1-17-15(13-9-5-3-6-10-13)16(18-21(2,19)20)14-11-7-4-8-12-14;1-8(2)10-6-4-9(3)5-7-10;;;/h3-12,15-18H,1-2H3;3-12,15-17H,1-2H3;4-8H,1-3H3;1H3;1H;/q;-1;;-1;;+4/p-1/t2*15-,16-;;;;/m00..../s1. The van der Waals surface area contributed by atoms with Crippen LogP contribution in [0.1, 0.15) is 77.3 Å². The molecule has 5 aromatic carbocycles. The number of aryl methyl sites for hydroxylation is 1. The van der Waals surface area contributed by atoms with Gasteiger partial charge in [-0.3, -0.25) is 0 Å². The fraction of sp³-hybridized carbons (Fsp3) is 0.279. The molecule has 0 radical (unpaired) electrons.